The molecule has 1 aliphatic rings. The maximum absolute atomic E-state index is 10.4. The van der Waals surface area contributed by atoms with Gasteiger partial charge in [0.1, 0.15) is 0 Å². The van der Waals surface area contributed by atoms with Crippen LogP contribution in [-0.4, -0.2) is 23.8 Å². The standard InChI is InChI=1S/C13H17Cl2NO/c14-11-2-1-10(9-12(11)15)3-4-13(17)5-7-16-8-6-13/h1-2,9,16-17H,3-8H2. The lowest BCUT2D eigenvalue weighted by Crippen LogP contribution is -2.42. The second-order valence-electron chi connectivity index (χ2n) is 4.72. The van der Waals surface area contributed by atoms with Crippen molar-refractivity contribution in [1.82, 2.24) is 5.32 Å². The highest BCUT2D eigenvalue weighted by Gasteiger charge is 2.28. The molecule has 1 aromatic rings. The minimum Gasteiger partial charge on any atom is -0.390 e. The average Bonchev–Trinajstić information content (AvgIpc) is 2.32. The van der Waals surface area contributed by atoms with Gasteiger partial charge in [-0.2, -0.15) is 0 Å². The number of nitrogens with one attached hydrogen (secondary N) is 1. The highest BCUT2D eigenvalue weighted by molar-refractivity contribution is 6.42. The lowest BCUT2D eigenvalue weighted by molar-refractivity contribution is 0.00281. The summed E-state index contributed by atoms with van der Waals surface area (Å²) in [5, 5.41) is 14.8. The second-order valence-corrected chi connectivity index (χ2v) is 5.54. The Labute approximate surface area is 112 Å². The summed E-state index contributed by atoms with van der Waals surface area (Å²) in [4.78, 5) is 0. The molecule has 1 heterocycles. The summed E-state index contributed by atoms with van der Waals surface area (Å²) >= 11 is 11.8. The SMILES string of the molecule is OC1(CCc2ccc(Cl)c(Cl)c2)CCNCC1. The Hall–Kier alpha value is -0.280. The molecule has 0 radical (unpaired) electrons. The molecule has 0 spiro atoms. The number of hydrogen-bond acceptors (Lipinski definition) is 2. The van der Waals surface area contributed by atoms with Crippen molar-refractivity contribution in [2.75, 3.05) is 13.1 Å². The van der Waals surface area contributed by atoms with Gasteiger partial charge in [0.2, 0.25) is 0 Å². The molecule has 1 aromatic carbocycles. The molecule has 4 heteroatoms. The molecule has 2 rings (SSSR count). The predicted molar refractivity (Wildman–Crippen MR) is 71.8 cm³/mol. The van der Waals surface area contributed by atoms with E-state index in [4.69, 9.17) is 23.2 Å². The third kappa shape index (κ3) is 3.59. The third-order valence-corrected chi connectivity index (χ3v) is 4.14. The van der Waals surface area contributed by atoms with Crippen molar-refractivity contribution in [3.05, 3.63) is 33.8 Å². The van der Waals surface area contributed by atoms with Gasteiger partial charge in [-0.25, -0.2) is 0 Å². The first-order valence-electron chi connectivity index (χ1n) is 5.96. The molecule has 1 fully saturated rings. The minimum atomic E-state index is -0.517. The van der Waals surface area contributed by atoms with Gasteiger partial charge in [-0.05, 0) is 56.5 Å². The Bertz CT molecular complexity index is 389. The van der Waals surface area contributed by atoms with E-state index >= 15 is 0 Å². The van der Waals surface area contributed by atoms with Crippen LogP contribution in [0.3, 0.4) is 0 Å². The predicted octanol–water partition coefficient (Wildman–Crippen LogP) is 3.04. The molecule has 0 unspecified atom stereocenters. The number of piperidine rings is 1. The maximum atomic E-state index is 10.4. The molecule has 0 amide bonds. The zero-order chi connectivity index (χ0) is 12.3. The minimum absolute atomic E-state index is 0.517. The molecule has 17 heavy (non-hydrogen) atoms. The number of benzene rings is 1. The van der Waals surface area contributed by atoms with Crippen LogP contribution >= 0.6 is 23.2 Å². The number of hydrogen-bond donors (Lipinski definition) is 2. The monoisotopic (exact) mass is 273 g/mol. The third-order valence-electron chi connectivity index (χ3n) is 3.40. The van der Waals surface area contributed by atoms with Crippen molar-refractivity contribution in [3.8, 4) is 0 Å². The van der Waals surface area contributed by atoms with Crippen molar-refractivity contribution in [3.63, 3.8) is 0 Å². The largest absolute Gasteiger partial charge is 0.390 e. The van der Waals surface area contributed by atoms with Crippen molar-refractivity contribution in [2.45, 2.75) is 31.3 Å². The number of aryl methyl sites for hydroxylation is 1. The Morgan fingerprint density at radius 1 is 1.18 bits per heavy atom. The van der Waals surface area contributed by atoms with E-state index in [-0.39, 0.29) is 0 Å². The summed E-state index contributed by atoms with van der Waals surface area (Å²) in [6, 6.07) is 5.67. The quantitative estimate of drug-likeness (QED) is 0.888. The first-order valence-corrected chi connectivity index (χ1v) is 6.72. The first kappa shape index (κ1) is 13.2. The van der Waals surface area contributed by atoms with E-state index in [1.807, 2.05) is 18.2 Å². The number of aliphatic hydroxyl groups is 1. The fourth-order valence-electron chi connectivity index (χ4n) is 2.21. The molecular weight excluding hydrogens is 257 g/mol. The van der Waals surface area contributed by atoms with Gasteiger partial charge in [-0.1, -0.05) is 29.3 Å². The van der Waals surface area contributed by atoms with E-state index in [9.17, 15) is 5.11 Å². The second kappa shape index (κ2) is 5.57. The molecule has 0 saturated carbocycles. The van der Waals surface area contributed by atoms with Crippen LogP contribution in [0.25, 0.3) is 0 Å². The van der Waals surface area contributed by atoms with Crippen LogP contribution in [-0.2, 0) is 6.42 Å². The molecule has 2 nitrogen and oxygen atoms in total. The topological polar surface area (TPSA) is 32.3 Å². The highest BCUT2D eigenvalue weighted by atomic mass is 35.5. The summed E-state index contributed by atoms with van der Waals surface area (Å²) in [5.41, 5.74) is 0.614. The van der Waals surface area contributed by atoms with Crippen molar-refractivity contribution in [2.24, 2.45) is 0 Å². The van der Waals surface area contributed by atoms with E-state index in [0.717, 1.165) is 44.3 Å². The zero-order valence-corrected chi connectivity index (χ0v) is 11.2. The van der Waals surface area contributed by atoms with Crippen molar-refractivity contribution < 1.29 is 5.11 Å². The van der Waals surface area contributed by atoms with Gasteiger partial charge >= 0.3 is 0 Å². The van der Waals surface area contributed by atoms with E-state index in [2.05, 4.69) is 5.32 Å². The van der Waals surface area contributed by atoms with Crippen LogP contribution in [0.1, 0.15) is 24.8 Å². The Morgan fingerprint density at radius 2 is 1.88 bits per heavy atom. The number of halogens is 2. The highest BCUT2D eigenvalue weighted by Crippen LogP contribution is 2.27. The molecule has 1 aliphatic heterocycles. The van der Waals surface area contributed by atoms with Crippen LogP contribution in [0, 0.1) is 0 Å². The summed E-state index contributed by atoms with van der Waals surface area (Å²) in [5.74, 6) is 0. The van der Waals surface area contributed by atoms with Crippen LogP contribution in [0.2, 0.25) is 10.0 Å². The van der Waals surface area contributed by atoms with E-state index in [1.165, 1.54) is 0 Å². The van der Waals surface area contributed by atoms with E-state index in [0.29, 0.717) is 10.0 Å². The summed E-state index contributed by atoms with van der Waals surface area (Å²) < 4.78 is 0. The smallest absolute Gasteiger partial charge is 0.0675 e. The van der Waals surface area contributed by atoms with E-state index in [1.54, 1.807) is 0 Å². The summed E-state index contributed by atoms with van der Waals surface area (Å²) in [7, 11) is 0. The molecule has 0 aromatic heterocycles. The molecule has 94 valence electrons. The van der Waals surface area contributed by atoms with Crippen LogP contribution in [0.4, 0.5) is 0 Å². The molecule has 0 bridgehead atoms. The Balaban J connectivity index is 1.94. The fraction of sp³-hybridized carbons (Fsp3) is 0.538. The van der Waals surface area contributed by atoms with Crippen LogP contribution in [0.15, 0.2) is 18.2 Å². The normalized spacial score (nSPS) is 19.2. The lowest BCUT2D eigenvalue weighted by atomic mass is 9.86. The Kier molecular flexibility index (Phi) is 4.31. The zero-order valence-electron chi connectivity index (χ0n) is 9.68. The maximum Gasteiger partial charge on any atom is 0.0675 e. The van der Waals surface area contributed by atoms with Gasteiger partial charge in [0.05, 0.1) is 15.6 Å². The first-order chi connectivity index (χ1) is 8.09. The van der Waals surface area contributed by atoms with Gasteiger partial charge in [-0.15, -0.1) is 0 Å². The Morgan fingerprint density at radius 3 is 2.53 bits per heavy atom. The van der Waals surface area contributed by atoms with Gasteiger partial charge in [0.25, 0.3) is 0 Å². The average molecular weight is 274 g/mol. The molecule has 0 aliphatic carbocycles. The van der Waals surface area contributed by atoms with Crippen LogP contribution < -0.4 is 5.32 Å². The molecule has 1 saturated heterocycles. The van der Waals surface area contributed by atoms with E-state index < -0.39 is 5.60 Å². The number of rotatable bonds is 3. The van der Waals surface area contributed by atoms with Crippen molar-refractivity contribution in [1.29, 1.82) is 0 Å². The van der Waals surface area contributed by atoms with Crippen molar-refractivity contribution >= 4 is 23.2 Å². The molecule has 2 N–H and O–H groups in total. The fourth-order valence-corrected chi connectivity index (χ4v) is 2.53. The molecule has 0 atom stereocenters. The van der Waals surface area contributed by atoms with Gasteiger partial charge in [0.15, 0.2) is 0 Å². The summed E-state index contributed by atoms with van der Waals surface area (Å²) in [6.45, 7) is 1.80. The van der Waals surface area contributed by atoms with Gasteiger partial charge in [-0.3, -0.25) is 0 Å². The van der Waals surface area contributed by atoms with Crippen LogP contribution in [0.5, 0.6) is 0 Å². The van der Waals surface area contributed by atoms with Gasteiger partial charge in [0, 0.05) is 0 Å². The molecular formula is C13H17Cl2NO. The lowest BCUT2D eigenvalue weighted by Gasteiger charge is -2.32. The van der Waals surface area contributed by atoms with Gasteiger partial charge < -0.3 is 10.4 Å². The summed E-state index contributed by atoms with van der Waals surface area (Å²) in [6.07, 6.45) is 3.28.